The van der Waals surface area contributed by atoms with Crippen LogP contribution in [0.4, 0.5) is 0 Å². The fraction of sp³-hybridized carbons (Fsp3) is 0. The van der Waals surface area contributed by atoms with E-state index in [4.69, 9.17) is 4.74 Å². The summed E-state index contributed by atoms with van der Waals surface area (Å²) >= 11 is 0. The maximum atomic E-state index is 12.1. The van der Waals surface area contributed by atoms with Crippen molar-refractivity contribution in [1.82, 2.24) is 0 Å². The number of ether oxygens (including phenoxy) is 1. The molecule has 0 radical (unpaired) electrons. The van der Waals surface area contributed by atoms with Crippen LogP contribution in [-0.2, 0) is 0 Å². The van der Waals surface area contributed by atoms with Crippen molar-refractivity contribution in [2.75, 3.05) is 0 Å². The first kappa shape index (κ1) is 15.2. The first-order valence-electron chi connectivity index (χ1n) is 8.17. The minimum atomic E-state index is -0.349. The third kappa shape index (κ3) is 3.15. The molecule has 4 aromatic carbocycles. The molecule has 0 saturated heterocycles. The fourth-order valence-electron chi connectivity index (χ4n) is 2.92. The second-order valence-corrected chi connectivity index (χ2v) is 5.81. The largest absolute Gasteiger partial charge is 0.423 e. The standard InChI is InChI=1S/C23H16O2/c24-23(19-8-2-1-3-9-19)25-20-15-13-18(14-16-20)22-12-6-10-17-7-4-5-11-21(17)22/h1-16H. The summed E-state index contributed by atoms with van der Waals surface area (Å²) in [6, 6.07) is 31.2. The Morgan fingerprint density at radius 3 is 2.12 bits per heavy atom. The van der Waals surface area contributed by atoms with Crippen LogP contribution >= 0.6 is 0 Å². The maximum Gasteiger partial charge on any atom is 0.343 e. The molecule has 0 aliphatic carbocycles. The van der Waals surface area contributed by atoms with Crippen molar-refractivity contribution < 1.29 is 9.53 Å². The molecule has 0 bridgehead atoms. The summed E-state index contributed by atoms with van der Waals surface area (Å²) in [7, 11) is 0. The number of fused-ring (bicyclic) bond motifs is 1. The first-order chi connectivity index (χ1) is 12.3. The van der Waals surface area contributed by atoms with E-state index in [0.717, 1.165) is 5.56 Å². The molecule has 4 rings (SSSR count). The molecule has 25 heavy (non-hydrogen) atoms. The van der Waals surface area contributed by atoms with Crippen molar-refractivity contribution in [1.29, 1.82) is 0 Å². The molecule has 0 amide bonds. The van der Waals surface area contributed by atoms with Gasteiger partial charge < -0.3 is 4.74 Å². The zero-order valence-electron chi connectivity index (χ0n) is 13.6. The van der Waals surface area contributed by atoms with Crippen LogP contribution < -0.4 is 4.74 Å². The summed E-state index contributed by atoms with van der Waals surface area (Å²) in [5.74, 6) is 0.191. The molecule has 0 N–H and O–H groups in total. The molecule has 0 saturated carbocycles. The van der Waals surface area contributed by atoms with Gasteiger partial charge in [0.2, 0.25) is 0 Å². The Morgan fingerprint density at radius 1 is 0.640 bits per heavy atom. The smallest absolute Gasteiger partial charge is 0.343 e. The van der Waals surface area contributed by atoms with Gasteiger partial charge in [-0.25, -0.2) is 4.79 Å². The summed E-state index contributed by atoms with van der Waals surface area (Å²) in [6.45, 7) is 0. The topological polar surface area (TPSA) is 26.3 Å². The molecule has 4 aromatic rings. The van der Waals surface area contributed by atoms with Gasteiger partial charge in [0.1, 0.15) is 5.75 Å². The van der Waals surface area contributed by atoms with Gasteiger partial charge in [0.05, 0.1) is 5.56 Å². The predicted molar refractivity (Wildman–Crippen MR) is 101 cm³/mol. The molecule has 120 valence electrons. The highest BCUT2D eigenvalue weighted by atomic mass is 16.5. The lowest BCUT2D eigenvalue weighted by molar-refractivity contribution is 0.0735. The number of esters is 1. The molecule has 2 nitrogen and oxygen atoms in total. The van der Waals surface area contributed by atoms with E-state index >= 15 is 0 Å². The molecule has 2 heteroatoms. The Hall–Kier alpha value is -3.39. The molecule has 0 spiro atoms. The Morgan fingerprint density at radius 2 is 1.32 bits per heavy atom. The van der Waals surface area contributed by atoms with Crippen molar-refractivity contribution in [2.45, 2.75) is 0 Å². The van der Waals surface area contributed by atoms with E-state index in [1.54, 1.807) is 12.1 Å². The Kier molecular flexibility index (Phi) is 4.01. The summed E-state index contributed by atoms with van der Waals surface area (Å²) < 4.78 is 5.44. The second-order valence-electron chi connectivity index (χ2n) is 5.81. The van der Waals surface area contributed by atoms with E-state index in [0.29, 0.717) is 11.3 Å². The van der Waals surface area contributed by atoms with Gasteiger partial charge in [-0.3, -0.25) is 0 Å². The molecule has 0 aliphatic heterocycles. The lowest BCUT2D eigenvalue weighted by Gasteiger charge is -2.08. The zero-order chi connectivity index (χ0) is 17.1. The lowest BCUT2D eigenvalue weighted by Crippen LogP contribution is -2.07. The van der Waals surface area contributed by atoms with Crippen LogP contribution in [0.5, 0.6) is 5.75 Å². The summed E-state index contributed by atoms with van der Waals surface area (Å²) in [5, 5.41) is 2.42. The number of benzene rings is 4. The Bertz CT molecular complexity index is 1010. The molecule has 0 aliphatic rings. The van der Waals surface area contributed by atoms with Crippen LogP contribution in [0.2, 0.25) is 0 Å². The highest BCUT2D eigenvalue weighted by molar-refractivity contribution is 5.96. The van der Waals surface area contributed by atoms with Crippen molar-refractivity contribution in [2.24, 2.45) is 0 Å². The molecular formula is C23H16O2. The van der Waals surface area contributed by atoms with Crippen molar-refractivity contribution >= 4 is 16.7 Å². The molecule has 0 atom stereocenters. The highest BCUT2D eigenvalue weighted by Gasteiger charge is 2.08. The van der Waals surface area contributed by atoms with Gasteiger partial charge in [-0.2, -0.15) is 0 Å². The Labute approximate surface area is 146 Å². The SMILES string of the molecule is O=C(Oc1ccc(-c2cccc3ccccc23)cc1)c1ccccc1. The number of carbonyl (C=O) groups is 1. The van der Waals surface area contributed by atoms with Gasteiger partial charge in [-0.15, -0.1) is 0 Å². The van der Waals surface area contributed by atoms with Crippen LogP contribution in [0.3, 0.4) is 0 Å². The first-order valence-corrected chi connectivity index (χ1v) is 8.17. The lowest BCUT2D eigenvalue weighted by atomic mass is 9.98. The van der Waals surface area contributed by atoms with Gasteiger partial charge in [0.15, 0.2) is 0 Å². The highest BCUT2D eigenvalue weighted by Crippen LogP contribution is 2.29. The van der Waals surface area contributed by atoms with Crippen molar-refractivity contribution in [3.63, 3.8) is 0 Å². The molecule has 0 fully saturated rings. The maximum absolute atomic E-state index is 12.1. The average Bonchev–Trinajstić information content (AvgIpc) is 2.69. The Balaban J connectivity index is 1.61. The van der Waals surface area contributed by atoms with Gasteiger partial charge >= 0.3 is 5.97 Å². The van der Waals surface area contributed by atoms with E-state index in [2.05, 4.69) is 30.3 Å². The third-order valence-corrected chi connectivity index (χ3v) is 4.17. The van der Waals surface area contributed by atoms with E-state index in [-0.39, 0.29) is 5.97 Å². The minimum Gasteiger partial charge on any atom is -0.423 e. The average molecular weight is 324 g/mol. The molecule has 0 heterocycles. The monoisotopic (exact) mass is 324 g/mol. The molecule has 0 unspecified atom stereocenters. The van der Waals surface area contributed by atoms with Crippen LogP contribution in [0.15, 0.2) is 97.1 Å². The summed E-state index contributed by atoms with van der Waals surface area (Å²) in [6.07, 6.45) is 0. The number of hydrogen-bond acceptors (Lipinski definition) is 2. The number of carbonyl (C=O) groups excluding carboxylic acids is 1. The summed E-state index contributed by atoms with van der Waals surface area (Å²) in [5.41, 5.74) is 2.80. The van der Waals surface area contributed by atoms with Gasteiger partial charge in [0, 0.05) is 0 Å². The summed E-state index contributed by atoms with van der Waals surface area (Å²) in [4.78, 5) is 12.1. The normalized spacial score (nSPS) is 10.6. The van der Waals surface area contributed by atoms with Gasteiger partial charge in [-0.1, -0.05) is 72.8 Å². The van der Waals surface area contributed by atoms with E-state index in [9.17, 15) is 4.79 Å². The second kappa shape index (κ2) is 6.62. The predicted octanol–water partition coefficient (Wildman–Crippen LogP) is 5.73. The fourth-order valence-corrected chi connectivity index (χ4v) is 2.92. The minimum absolute atomic E-state index is 0.349. The van der Waals surface area contributed by atoms with Gasteiger partial charge in [0.25, 0.3) is 0 Å². The molecular weight excluding hydrogens is 308 g/mol. The zero-order valence-corrected chi connectivity index (χ0v) is 13.6. The third-order valence-electron chi connectivity index (χ3n) is 4.17. The van der Waals surface area contributed by atoms with Crippen LogP contribution in [-0.4, -0.2) is 5.97 Å². The van der Waals surface area contributed by atoms with Crippen LogP contribution in [0, 0.1) is 0 Å². The van der Waals surface area contributed by atoms with E-state index < -0.39 is 0 Å². The van der Waals surface area contributed by atoms with Crippen molar-refractivity contribution in [3.05, 3.63) is 103 Å². The van der Waals surface area contributed by atoms with E-state index in [1.165, 1.54) is 16.3 Å². The van der Waals surface area contributed by atoms with Crippen molar-refractivity contribution in [3.8, 4) is 16.9 Å². The van der Waals surface area contributed by atoms with Gasteiger partial charge in [-0.05, 0) is 46.2 Å². The van der Waals surface area contributed by atoms with Crippen LogP contribution in [0.1, 0.15) is 10.4 Å². The van der Waals surface area contributed by atoms with Crippen LogP contribution in [0.25, 0.3) is 21.9 Å². The quantitative estimate of drug-likeness (QED) is 0.355. The molecule has 0 aromatic heterocycles. The number of hydrogen-bond donors (Lipinski definition) is 0. The van der Waals surface area contributed by atoms with E-state index in [1.807, 2.05) is 54.6 Å². The number of rotatable bonds is 3.